The summed E-state index contributed by atoms with van der Waals surface area (Å²) in [6, 6.07) is 14.8. The van der Waals surface area contributed by atoms with Gasteiger partial charge in [-0.15, -0.1) is 0 Å². The van der Waals surface area contributed by atoms with E-state index in [1.54, 1.807) is 12.1 Å². The van der Waals surface area contributed by atoms with Crippen molar-refractivity contribution in [1.82, 2.24) is 0 Å². The van der Waals surface area contributed by atoms with Crippen LogP contribution in [0, 0.1) is 0 Å². The number of sulfone groups is 1. The summed E-state index contributed by atoms with van der Waals surface area (Å²) in [5.41, 5.74) is 6.90. The average Bonchev–Trinajstić information content (AvgIpc) is 2.81. The molecule has 0 unspecified atom stereocenters. The first-order valence-electron chi connectivity index (χ1n) is 12.6. The molecule has 0 saturated heterocycles. The van der Waals surface area contributed by atoms with Crippen LogP contribution in [0.4, 0.5) is 0 Å². The molecule has 2 aromatic rings. The molecule has 0 radical (unpaired) electrons. The lowest BCUT2D eigenvalue weighted by Gasteiger charge is -2.13. The van der Waals surface area contributed by atoms with Crippen LogP contribution in [0.1, 0.15) is 78.4 Å². The van der Waals surface area contributed by atoms with Crippen LogP contribution >= 0.6 is 0 Å². The van der Waals surface area contributed by atoms with E-state index in [1.807, 2.05) is 36.4 Å². The zero-order chi connectivity index (χ0) is 25.8. The van der Waals surface area contributed by atoms with Crippen LogP contribution in [-0.4, -0.2) is 8.42 Å². The van der Waals surface area contributed by atoms with Crippen molar-refractivity contribution >= 4 is 9.84 Å². The van der Waals surface area contributed by atoms with E-state index in [9.17, 15) is 8.42 Å². The highest BCUT2D eigenvalue weighted by Crippen LogP contribution is 2.28. The molecule has 0 aliphatic rings. The second kappa shape index (κ2) is 14.0. The first-order valence-corrected chi connectivity index (χ1v) is 14.1. The zero-order valence-corrected chi connectivity index (χ0v) is 23.2. The first kappa shape index (κ1) is 28.6. The van der Waals surface area contributed by atoms with E-state index in [2.05, 4.69) is 65.8 Å². The molecule has 35 heavy (non-hydrogen) atoms. The van der Waals surface area contributed by atoms with E-state index in [1.165, 1.54) is 22.3 Å². The lowest BCUT2D eigenvalue weighted by Crippen LogP contribution is -2.08. The van der Waals surface area contributed by atoms with E-state index in [-0.39, 0.29) is 0 Å². The minimum Gasteiger partial charge on any atom is -0.218 e. The first-order chi connectivity index (χ1) is 16.6. The van der Waals surface area contributed by atoms with Gasteiger partial charge in [0.05, 0.1) is 9.79 Å². The molecular weight excluding hydrogens is 448 g/mol. The molecule has 0 fully saturated rings. The van der Waals surface area contributed by atoms with Gasteiger partial charge in [0.2, 0.25) is 9.84 Å². The average molecular weight is 491 g/mol. The van der Waals surface area contributed by atoms with E-state index < -0.39 is 9.84 Å². The molecule has 188 valence electrons. The summed E-state index contributed by atoms with van der Waals surface area (Å²) in [6.45, 7) is 12.7. The Hall–Kier alpha value is -2.65. The zero-order valence-electron chi connectivity index (χ0n) is 22.4. The second-order valence-corrected chi connectivity index (χ2v) is 11.8. The van der Waals surface area contributed by atoms with Crippen LogP contribution in [0.2, 0.25) is 0 Å². The quantitative estimate of drug-likeness (QED) is 0.278. The topological polar surface area (TPSA) is 34.1 Å². The predicted octanol–water partition coefficient (Wildman–Crippen LogP) is 8.99. The minimum absolute atomic E-state index is 0.407. The van der Waals surface area contributed by atoms with Gasteiger partial charge in [0.25, 0.3) is 0 Å². The Labute approximate surface area is 214 Å². The van der Waals surface area contributed by atoms with E-state index in [0.29, 0.717) is 22.6 Å². The maximum atomic E-state index is 13.8. The predicted molar refractivity (Wildman–Crippen MR) is 151 cm³/mol. The summed E-state index contributed by atoms with van der Waals surface area (Å²) in [5, 5.41) is 0. The molecule has 0 aliphatic carbocycles. The summed E-state index contributed by atoms with van der Waals surface area (Å²) in [7, 11) is -3.63. The van der Waals surface area contributed by atoms with Crippen LogP contribution in [0.5, 0.6) is 0 Å². The van der Waals surface area contributed by atoms with Gasteiger partial charge >= 0.3 is 0 Å². The normalized spacial score (nSPS) is 12.4. The fraction of sp³-hybridized carbons (Fsp3) is 0.375. The Morgan fingerprint density at radius 1 is 0.600 bits per heavy atom. The molecule has 0 aliphatic heterocycles. The summed E-state index contributed by atoms with van der Waals surface area (Å²) in [5.74, 6) is 0. The van der Waals surface area contributed by atoms with Gasteiger partial charge in [0.1, 0.15) is 0 Å². The third-order valence-corrected chi connectivity index (χ3v) is 8.00. The molecule has 0 atom stereocenters. The maximum Gasteiger partial charge on any atom is 0.207 e. The molecule has 0 heterocycles. The highest BCUT2D eigenvalue weighted by Gasteiger charge is 2.23. The second-order valence-electron chi connectivity index (χ2n) is 9.87. The largest absolute Gasteiger partial charge is 0.218 e. The van der Waals surface area contributed by atoms with Gasteiger partial charge in [-0.25, -0.2) is 8.42 Å². The minimum atomic E-state index is -3.63. The smallest absolute Gasteiger partial charge is 0.207 e. The van der Waals surface area contributed by atoms with Gasteiger partial charge in [0, 0.05) is 0 Å². The van der Waals surface area contributed by atoms with Gasteiger partial charge < -0.3 is 0 Å². The Morgan fingerprint density at radius 3 is 1.34 bits per heavy atom. The van der Waals surface area contributed by atoms with Crippen LogP contribution < -0.4 is 0 Å². The number of hydrogen-bond donors (Lipinski definition) is 0. The van der Waals surface area contributed by atoms with Crippen molar-refractivity contribution in [2.24, 2.45) is 0 Å². The van der Waals surface area contributed by atoms with Crippen molar-refractivity contribution in [2.75, 3.05) is 0 Å². The monoisotopic (exact) mass is 490 g/mol. The van der Waals surface area contributed by atoms with E-state index in [0.717, 1.165) is 36.8 Å². The van der Waals surface area contributed by atoms with Gasteiger partial charge in [-0.05, 0) is 103 Å². The Balaban J connectivity index is 2.28. The fourth-order valence-corrected chi connectivity index (χ4v) is 5.68. The van der Waals surface area contributed by atoms with Crippen LogP contribution in [0.3, 0.4) is 0 Å². The van der Waals surface area contributed by atoms with Crippen molar-refractivity contribution in [2.45, 2.75) is 89.9 Å². The van der Waals surface area contributed by atoms with Crippen molar-refractivity contribution in [3.63, 3.8) is 0 Å². The van der Waals surface area contributed by atoms with Crippen LogP contribution in [-0.2, 0) is 22.7 Å². The lowest BCUT2D eigenvalue weighted by atomic mass is 10.1. The number of allylic oxidation sites excluding steroid dienone is 8. The van der Waals surface area contributed by atoms with Crippen molar-refractivity contribution in [3.05, 3.63) is 106 Å². The van der Waals surface area contributed by atoms with Gasteiger partial charge in [0.15, 0.2) is 0 Å². The summed E-state index contributed by atoms with van der Waals surface area (Å²) < 4.78 is 27.6. The fourth-order valence-electron chi connectivity index (χ4n) is 3.94. The molecule has 2 nitrogen and oxygen atoms in total. The third kappa shape index (κ3) is 9.49. The Morgan fingerprint density at radius 2 is 0.971 bits per heavy atom. The molecule has 0 aromatic heterocycles. The Kier molecular flexibility index (Phi) is 11.5. The summed E-state index contributed by atoms with van der Waals surface area (Å²) >= 11 is 0. The molecule has 0 N–H and O–H groups in total. The highest BCUT2D eigenvalue weighted by atomic mass is 32.2. The van der Waals surface area contributed by atoms with Crippen molar-refractivity contribution < 1.29 is 8.42 Å². The molecule has 0 saturated carbocycles. The van der Waals surface area contributed by atoms with Crippen LogP contribution in [0.15, 0.2) is 105 Å². The Bertz CT molecular complexity index is 1110. The molecule has 2 aromatic carbocycles. The van der Waals surface area contributed by atoms with E-state index >= 15 is 0 Å². The SMILES string of the molecule is CC(C)=CCCC(C)=CCc1ccccc1S(=O)(=O)c1ccccc1CC=C(C)CCC=C(C)C. The molecule has 0 bridgehead atoms. The van der Waals surface area contributed by atoms with Gasteiger partial charge in [-0.2, -0.15) is 0 Å². The number of benzene rings is 2. The summed E-state index contributed by atoms with van der Waals surface area (Å²) in [4.78, 5) is 0.815. The molecule has 3 heteroatoms. The van der Waals surface area contributed by atoms with Crippen LogP contribution in [0.25, 0.3) is 0 Å². The molecular formula is C32H42O2S. The third-order valence-electron chi connectivity index (χ3n) is 6.05. The summed E-state index contributed by atoms with van der Waals surface area (Å²) in [6.07, 6.45) is 14.0. The van der Waals surface area contributed by atoms with Crippen molar-refractivity contribution in [1.29, 1.82) is 0 Å². The molecule has 0 amide bonds. The van der Waals surface area contributed by atoms with E-state index in [4.69, 9.17) is 0 Å². The standard InChI is InChI=1S/C32H42O2S/c1-25(2)13-11-15-27(5)21-23-29-17-7-9-19-31(29)35(33,34)32-20-10-8-18-30(32)24-22-28(6)16-12-14-26(3)4/h7-10,13-14,17-22H,11-12,15-16,23-24H2,1-6H3. The highest BCUT2D eigenvalue weighted by molar-refractivity contribution is 7.91. The number of rotatable bonds is 12. The number of hydrogen-bond acceptors (Lipinski definition) is 2. The van der Waals surface area contributed by atoms with Gasteiger partial charge in [-0.3, -0.25) is 0 Å². The van der Waals surface area contributed by atoms with Gasteiger partial charge in [-0.1, -0.05) is 83.0 Å². The molecule has 0 spiro atoms. The van der Waals surface area contributed by atoms with Crippen molar-refractivity contribution in [3.8, 4) is 0 Å². The maximum absolute atomic E-state index is 13.8. The molecule has 2 rings (SSSR count). The lowest BCUT2D eigenvalue weighted by molar-refractivity contribution is 0.594.